The number of halogens is 2. The van der Waals surface area contributed by atoms with E-state index in [0.717, 1.165) is 6.42 Å². The molecule has 1 aliphatic rings. The highest BCUT2D eigenvalue weighted by molar-refractivity contribution is 4.96. The molecular formula is C7H13F2N. The molecule has 1 rings (SSSR count). The molecule has 1 atom stereocenters. The van der Waals surface area contributed by atoms with Crippen molar-refractivity contribution in [3.63, 3.8) is 0 Å². The third-order valence-electron chi connectivity index (χ3n) is 2.27. The first-order valence-corrected chi connectivity index (χ1v) is 3.62. The first-order chi connectivity index (χ1) is 4.46. The Labute approximate surface area is 59.6 Å². The second kappa shape index (κ2) is 2.16. The van der Waals surface area contributed by atoms with Crippen molar-refractivity contribution in [3.05, 3.63) is 0 Å². The second-order valence-electron chi connectivity index (χ2n) is 3.33. The maximum absolute atomic E-state index is 12.9. The normalized spacial score (nSPS) is 39.6. The molecule has 0 heterocycles. The van der Waals surface area contributed by atoms with Gasteiger partial charge in [-0.1, -0.05) is 6.42 Å². The van der Waals surface area contributed by atoms with Crippen LogP contribution in [0.2, 0.25) is 0 Å². The zero-order valence-corrected chi connectivity index (χ0v) is 6.16. The van der Waals surface area contributed by atoms with Crippen LogP contribution in [0.1, 0.15) is 32.6 Å². The van der Waals surface area contributed by atoms with E-state index in [0.29, 0.717) is 12.8 Å². The molecule has 60 valence electrons. The van der Waals surface area contributed by atoms with Crippen LogP contribution >= 0.6 is 0 Å². The maximum atomic E-state index is 12.9. The van der Waals surface area contributed by atoms with Crippen LogP contribution in [0, 0.1) is 0 Å². The third-order valence-corrected chi connectivity index (χ3v) is 2.27. The Balaban J connectivity index is 2.70. The molecule has 0 amide bonds. The van der Waals surface area contributed by atoms with E-state index in [-0.39, 0.29) is 6.42 Å². The van der Waals surface area contributed by atoms with Crippen molar-refractivity contribution in [2.75, 3.05) is 0 Å². The Hall–Kier alpha value is -0.180. The number of hydrogen-bond donors (Lipinski definition) is 1. The molecule has 2 N–H and O–H groups in total. The number of hydrogen-bond acceptors (Lipinski definition) is 1. The van der Waals surface area contributed by atoms with Crippen molar-refractivity contribution in [1.29, 1.82) is 0 Å². The van der Waals surface area contributed by atoms with E-state index in [4.69, 9.17) is 5.73 Å². The number of rotatable bonds is 0. The fourth-order valence-corrected chi connectivity index (χ4v) is 1.31. The fraction of sp³-hybridized carbons (Fsp3) is 1.00. The molecule has 1 aliphatic carbocycles. The van der Waals surface area contributed by atoms with Crippen molar-refractivity contribution in [1.82, 2.24) is 0 Å². The van der Waals surface area contributed by atoms with Crippen molar-refractivity contribution in [2.24, 2.45) is 5.73 Å². The Morgan fingerprint density at radius 2 is 1.70 bits per heavy atom. The van der Waals surface area contributed by atoms with Crippen molar-refractivity contribution in [3.8, 4) is 0 Å². The molecule has 0 radical (unpaired) electrons. The standard InChI is InChI=1S/C7H13F2N/c1-6(10)4-2-3-5-7(6,8)9/h2-5,10H2,1H3/t6-/m1/s1. The molecule has 0 aromatic rings. The van der Waals surface area contributed by atoms with Crippen LogP contribution in [0.4, 0.5) is 8.78 Å². The summed E-state index contributed by atoms with van der Waals surface area (Å²) in [5.41, 5.74) is 4.15. The minimum atomic E-state index is -2.65. The molecular weight excluding hydrogens is 136 g/mol. The molecule has 0 spiro atoms. The highest BCUT2D eigenvalue weighted by Crippen LogP contribution is 2.39. The van der Waals surface area contributed by atoms with Gasteiger partial charge < -0.3 is 5.73 Å². The average molecular weight is 149 g/mol. The summed E-state index contributed by atoms with van der Waals surface area (Å²) < 4.78 is 25.7. The second-order valence-corrected chi connectivity index (χ2v) is 3.33. The molecule has 3 heteroatoms. The number of alkyl halides is 2. The minimum Gasteiger partial charge on any atom is -0.320 e. The summed E-state index contributed by atoms with van der Waals surface area (Å²) in [4.78, 5) is 0. The molecule has 1 saturated carbocycles. The van der Waals surface area contributed by atoms with Crippen LogP contribution in [0.5, 0.6) is 0 Å². The van der Waals surface area contributed by atoms with Gasteiger partial charge in [-0.3, -0.25) is 0 Å². The molecule has 0 aromatic carbocycles. The van der Waals surface area contributed by atoms with E-state index >= 15 is 0 Å². The summed E-state index contributed by atoms with van der Waals surface area (Å²) in [6.07, 6.45) is 1.85. The van der Waals surface area contributed by atoms with Crippen LogP contribution < -0.4 is 5.73 Å². The largest absolute Gasteiger partial charge is 0.320 e. The van der Waals surface area contributed by atoms with Crippen LogP contribution in [0.25, 0.3) is 0 Å². The first kappa shape index (κ1) is 7.92. The minimum absolute atomic E-state index is 0.0417. The summed E-state index contributed by atoms with van der Waals surface area (Å²) in [5, 5.41) is 0. The van der Waals surface area contributed by atoms with E-state index in [1.165, 1.54) is 6.92 Å². The molecule has 0 bridgehead atoms. The van der Waals surface area contributed by atoms with Gasteiger partial charge in [0.25, 0.3) is 5.92 Å². The van der Waals surface area contributed by atoms with Crippen LogP contribution in [0.3, 0.4) is 0 Å². The zero-order chi connectivity index (χ0) is 7.83. The molecule has 0 aliphatic heterocycles. The maximum Gasteiger partial charge on any atom is 0.265 e. The lowest BCUT2D eigenvalue weighted by atomic mass is 9.81. The van der Waals surface area contributed by atoms with Crippen molar-refractivity contribution < 1.29 is 8.78 Å². The lowest BCUT2D eigenvalue weighted by Gasteiger charge is -2.37. The molecule has 1 nitrogen and oxygen atoms in total. The fourth-order valence-electron chi connectivity index (χ4n) is 1.31. The van der Waals surface area contributed by atoms with Gasteiger partial charge in [-0.05, 0) is 19.8 Å². The quantitative estimate of drug-likeness (QED) is 0.559. The van der Waals surface area contributed by atoms with Gasteiger partial charge >= 0.3 is 0 Å². The van der Waals surface area contributed by atoms with Gasteiger partial charge in [0.2, 0.25) is 0 Å². The van der Waals surface area contributed by atoms with Crippen LogP contribution in [-0.4, -0.2) is 11.5 Å². The van der Waals surface area contributed by atoms with Gasteiger partial charge in [0.1, 0.15) is 0 Å². The number of nitrogens with two attached hydrogens (primary N) is 1. The predicted octanol–water partition coefficient (Wildman–Crippen LogP) is 1.91. The predicted molar refractivity (Wildman–Crippen MR) is 36.0 cm³/mol. The van der Waals surface area contributed by atoms with Gasteiger partial charge in [0.05, 0.1) is 5.54 Å². The van der Waals surface area contributed by atoms with Gasteiger partial charge in [-0.2, -0.15) is 0 Å². The van der Waals surface area contributed by atoms with E-state index in [9.17, 15) is 8.78 Å². The summed E-state index contributed by atoms with van der Waals surface area (Å²) >= 11 is 0. The van der Waals surface area contributed by atoms with Gasteiger partial charge in [-0.15, -0.1) is 0 Å². The van der Waals surface area contributed by atoms with Gasteiger partial charge in [0, 0.05) is 6.42 Å². The van der Waals surface area contributed by atoms with Crippen LogP contribution in [-0.2, 0) is 0 Å². The Kier molecular flexibility index (Phi) is 1.71. The summed E-state index contributed by atoms with van der Waals surface area (Å²) in [5.74, 6) is -2.65. The molecule has 0 aromatic heterocycles. The Morgan fingerprint density at radius 1 is 1.20 bits per heavy atom. The van der Waals surface area contributed by atoms with Crippen molar-refractivity contribution in [2.45, 2.75) is 44.1 Å². The van der Waals surface area contributed by atoms with Gasteiger partial charge in [0.15, 0.2) is 0 Å². The van der Waals surface area contributed by atoms with Gasteiger partial charge in [-0.25, -0.2) is 8.78 Å². The van der Waals surface area contributed by atoms with Crippen LogP contribution in [0.15, 0.2) is 0 Å². The smallest absolute Gasteiger partial charge is 0.265 e. The third kappa shape index (κ3) is 1.15. The first-order valence-electron chi connectivity index (χ1n) is 3.62. The van der Waals surface area contributed by atoms with E-state index in [1.54, 1.807) is 0 Å². The molecule has 10 heavy (non-hydrogen) atoms. The van der Waals surface area contributed by atoms with E-state index < -0.39 is 11.5 Å². The summed E-state index contributed by atoms with van der Waals surface area (Å²) in [6.45, 7) is 1.44. The Morgan fingerprint density at radius 3 is 2.00 bits per heavy atom. The average Bonchev–Trinajstić information content (AvgIpc) is 1.77. The lowest BCUT2D eigenvalue weighted by molar-refractivity contribution is -0.0941. The molecule has 0 unspecified atom stereocenters. The zero-order valence-electron chi connectivity index (χ0n) is 6.16. The van der Waals surface area contributed by atoms with E-state index in [2.05, 4.69) is 0 Å². The Bertz CT molecular complexity index is 116. The summed E-state index contributed by atoms with van der Waals surface area (Å²) in [7, 11) is 0. The molecule has 1 fully saturated rings. The van der Waals surface area contributed by atoms with Crippen molar-refractivity contribution >= 4 is 0 Å². The highest BCUT2D eigenvalue weighted by atomic mass is 19.3. The SMILES string of the molecule is C[C@@]1(N)CCCCC1(F)F. The highest BCUT2D eigenvalue weighted by Gasteiger charge is 2.48. The van der Waals surface area contributed by atoms with E-state index in [1.807, 2.05) is 0 Å². The lowest BCUT2D eigenvalue weighted by Crippen LogP contribution is -2.55. The monoisotopic (exact) mass is 149 g/mol. The topological polar surface area (TPSA) is 26.0 Å². The molecule has 0 saturated heterocycles. The summed E-state index contributed by atoms with van der Waals surface area (Å²) in [6, 6.07) is 0.